The van der Waals surface area contributed by atoms with Crippen LogP contribution in [-0.2, 0) is 0 Å². The van der Waals surface area contributed by atoms with Crippen LogP contribution in [0.15, 0.2) is 47.4 Å². The molecule has 0 fully saturated rings. The molecule has 0 amide bonds. The molecule has 0 saturated carbocycles. The molecule has 0 heterocycles. The summed E-state index contributed by atoms with van der Waals surface area (Å²) in [6, 6.07) is 0. The van der Waals surface area contributed by atoms with Gasteiger partial charge in [0.05, 0.1) is 0 Å². The van der Waals surface area contributed by atoms with E-state index in [2.05, 4.69) is 31.7 Å². The molecule has 1 nitrogen and oxygen atoms in total. The van der Waals surface area contributed by atoms with Crippen molar-refractivity contribution in [2.75, 3.05) is 7.05 Å². The lowest BCUT2D eigenvalue weighted by Crippen LogP contribution is -1.85. The average molecular weight is 223 g/mol. The normalized spacial score (nSPS) is 15.7. The molecule has 1 aliphatic rings. The number of nitrogens with two attached hydrogens (primary N) is 1. The Hall–Kier alpha value is -1.15. The molecule has 0 bridgehead atoms. The van der Waals surface area contributed by atoms with Gasteiger partial charge in [-0.1, -0.05) is 32.1 Å². The fraction of sp³-hybridized carbons (Fsp3) is 0.429. The molecule has 0 radical (unpaired) electrons. The quantitative estimate of drug-likeness (QED) is 0.767. The van der Waals surface area contributed by atoms with Gasteiger partial charge in [-0.05, 0) is 49.6 Å². The van der Waals surface area contributed by atoms with Gasteiger partial charge in [0.2, 0.25) is 0 Å². The minimum atomic E-state index is -0.136. The highest BCUT2D eigenvalue weighted by Crippen LogP contribution is 2.20. The SMILES string of the molecule is CC/C=C(\CC)C1=CCC=C(F)C=C1.CN. The van der Waals surface area contributed by atoms with Crippen LogP contribution in [0.3, 0.4) is 0 Å². The molecule has 0 unspecified atom stereocenters. The van der Waals surface area contributed by atoms with Crippen LogP contribution in [-0.4, -0.2) is 7.05 Å². The van der Waals surface area contributed by atoms with Gasteiger partial charge < -0.3 is 5.73 Å². The molecule has 0 aromatic carbocycles. The van der Waals surface area contributed by atoms with Crippen molar-refractivity contribution < 1.29 is 4.39 Å². The Morgan fingerprint density at radius 1 is 1.31 bits per heavy atom. The first kappa shape index (κ1) is 14.8. The lowest BCUT2D eigenvalue weighted by atomic mass is 10.0. The molecule has 0 aliphatic heterocycles. The lowest BCUT2D eigenvalue weighted by Gasteiger charge is -2.04. The second-order valence-corrected chi connectivity index (χ2v) is 3.31. The molecule has 0 saturated heterocycles. The van der Waals surface area contributed by atoms with Crippen molar-refractivity contribution in [3.05, 3.63) is 47.4 Å². The maximum Gasteiger partial charge on any atom is 0.119 e. The van der Waals surface area contributed by atoms with E-state index in [1.165, 1.54) is 24.3 Å². The Morgan fingerprint density at radius 2 is 2.00 bits per heavy atom. The van der Waals surface area contributed by atoms with Gasteiger partial charge in [-0.15, -0.1) is 0 Å². The minimum absolute atomic E-state index is 0.136. The van der Waals surface area contributed by atoms with Crippen molar-refractivity contribution in [1.29, 1.82) is 0 Å². The third-order valence-electron chi connectivity index (χ3n) is 2.27. The van der Waals surface area contributed by atoms with Crippen molar-refractivity contribution >= 4 is 0 Å². The molecule has 2 heteroatoms. The first-order chi connectivity index (χ1) is 7.77. The summed E-state index contributed by atoms with van der Waals surface area (Å²) in [4.78, 5) is 0. The average Bonchev–Trinajstić information content (AvgIpc) is 2.54. The molecule has 1 aliphatic carbocycles. The molecule has 90 valence electrons. The van der Waals surface area contributed by atoms with Gasteiger partial charge in [0.15, 0.2) is 0 Å². The highest BCUT2D eigenvalue weighted by Gasteiger charge is 2.01. The number of halogens is 1. The molecule has 0 spiro atoms. The summed E-state index contributed by atoms with van der Waals surface area (Å²) >= 11 is 0. The summed E-state index contributed by atoms with van der Waals surface area (Å²) in [5.74, 6) is -0.136. The van der Waals surface area contributed by atoms with Crippen molar-refractivity contribution in [3.8, 4) is 0 Å². The summed E-state index contributed by atoms with van der Waals surface area (Å²) in [5, 5.41) is 0. The lowest BCUT2D eigenvalue weighted by molar-refractivity contribution is 0.663. The Labute approximate surface area is 98.2 Å². The Balaban J connectivity index is 0.00000106. The molecule has 0 aromatic rings. The first-order valence-electron chi connectivity index (χ1n) is 5.79. The van der Waals surface area contributed by atoms with Crippen LogP contribution < -0.4 is 5.73 Å². The predicted octanol–water partition coefficient (Wildman–Crippen LogP) is 4.05. The van der Waals surface area contributed by atoms with Gasteiger partial charge >= 0.3 is 0 Å². The maximum absolute atomic E-state index is 12.9. The maximum atomic E-state index is 12.9. The van der Waals surface area contributed by atoms with Crippen molar-refractivity contribution in [2.24, 2.45) is 5.73 Å². The Morgan fingerprint density at radius 3 is 2.56 bits per heavy atom. The molecular weight excluding hydrogens is 201 g/mol. The van der Waals surface area contributed by atoms with Gasteiger partial charge in [0.25, 0.3) is 0 Å². The summed E-state index contributed by atoms with van der Waals surface area (Å²) < 4.78 is 12.9. The molecule has 2 N–H and O–H groups in total. The van der Waals surface area contributed by atoms with E-state index in [0.717, 1.165) is 12.8 Å². The smallest absolute Gasteiger partial charge is 0.119 e. The van der Waals surface area contributed by atoms with E-state index in [4.69, 9.17) is 0 Å². The highest BCUT2D eigenvalue weighted by atomic mass is 19.1. The zero-order chi connectivity index (χ0) is 12.4. The summed E-state index contributed by atoms with van der Waals surface area (Å²) in [6.45, 7) is 4.25. The molecule has 1 rings (SSSR count). The standard InChI is InChI=1S/C13H17F.CH5N/c1-3-6-11(4-2)12-7-5-8-13(14)10-9-12;1-2/h6-10H,3-5H2,1-2H3;2H2,1H3/b11-6+;. The third kappa shape index (κ3) is 5.08. The van der Waals surface area contributed by atoms with Gasteiger partial charge in [-0.2, -0.15) is 0 Å². The highest BCUT2D eigenvalue weighted by molar-refractivity contribution is 5.43. The van der Waals surface area contributed by atoms with Crippen LogP contribution >= 0.6 is 0 Å². The van der Waals surface area contributed by atoms with Crippen LogP contribution in [0.25, 0.3) is 0 Å². The van der Waals surface area contributed by atoms with Crippen LogP contribution in [0.1, 0.15) is 33.1 Å². The topological polar surface area (TPSA) is 26.0 Å². The summed E-state index contributed by atoms with van der Waals surface area (Å²) in [7, 11) is 1.50. The van der Waals surface area contributed by atoms with Gasteiger partial charge in [-0.25, -0.2) is 4.39 Å². The number of rotatable bonds is 3. The Bertz CT molecular complexity index is 309. The van der Waals surface area contributed by atoms with Crippen LogP contribution in [0, 0.1) is 0 Å². The monoisotopic (exact) mass is 223 g/mol. The van der Waals surface area contributed by atoms with E-state index in [0.29, 0.717) is 6.42 Å². The van der Waals surface area contributed by atoms with Gasteiger partial charge in [-0.3, -0.25) is 0 Å². The minimum Gasteiger partial charge on any atom is -0.333 e. The van der Waals surface area contributed by atoms with Crippen molar-refractivity contribution in [3.63, 3.8) is 0 Å². The largest absolute Gasteiger partial charge is 0.333 e. The Kier molecular flexibility index (Phi) is 8.45. The molecule has 0 atom stereocenters. The molecule has 0 aromatic heterocycles. The van der Waals surface area contributed by atoms with E-state index >= 15 is 0 Å². The van der Waals surface area contributed by atoms with Crippen LogP contribution in [0.4, 0.5) is 4.39 Å². The predicted molar refractivity (Wildman–Crippen MR) is 69.8 cm³/mol. The number of hydrogen-bond acceptors (Lipinski definition) is 1. The molecule has 16 heavy (non-hydrogen) atoms. The van der Waals surface area contributed by atoms with E-state index in [1.54, 1.807) is 6.08 Å². The van der Waals surface area contributed by atoms with Crippen LogP contribution in [0.5, 0.6) is 0 Å². The number of hydrogen-bond donors (Lipinski definition) is 1. The zero-order valence-corrected chi connectivity index (χ0v) is 10.5. The summed E-state index contributed by atoms with van der Waals surface area (Å²) in [6.07, 6.45) is 12.0. The second-order valence-electron chi connectivity index (χ2n) is 3.31. The van der Waals surface area contributed by atoms with E-state index < -0.39 is 0 Å². The van der Waals surface area contributed by atoms with E-state index in [-0.39, 0.29) is 5.83 Å². The van der Waals surface area contributed by atoms with Gasteiger partial charge in [0.1, 0.15) is 5.83 Å². The van der Waals surface area contributed by atoms with E-state index in [1.807, 2.05) is 6.08 Å². The fourth-order valence-electron chi connectivity index (χ4n) is 1.55. The first-order valence-corrected chi connectivity index (χ1v) is 5.79. The van der Waals surface area contributed by atoms with E-state index in [9.17, 15) is 4.39 Å². The van der Waals surface area contributed by atoms with Crippen molar-refractivity contribution in [1.82, 2.24) is 0 Å². The summed E-state index contributed by atoms with van der Waals surface area (Å²) in [5.41, 5.74) is 6.98. The van der Waals surface area contributed by atoms with Crippen molar-refractivity contribution in [2.45, 2.75) is 33.1 Å². The number of allylic oxidation sites excluding steroid dienone is 8. The third-order valence-corrected chi connectivity index (χ3v) is 2.27. The van der Waals surface area contributed by atoms with Crippen LogP contribution in [0.2, 0.25) is 0 Å². The van der Waals surface area contributed by atoms with Gasteiger partial charge in [0, 0.05) is 0 Å². The second kappa shape index (κ2) is 9.10. The zero-order valence-electron chi connectivity index (χ0n) is 10.5. The molecular formula is C14H22FN. The fourth-order valence-corrected chi connectivity index (χ4v) is 1.55.